The highest BCUT2D eigenvalue weighted by Crippen LogP contribution is 2.19. The van der Waals surface area contributed by atoms with Gasteiger partial charge in [-0.25, -0.2) is 5.43 Å². The number of hydrogen-bond donors (Lipinski definition) is 3. The number of amides is 2. The largest absolute Gasteiger partial charge is 0.507 e. The standard InChI is InChI=1S/C19H20ClN3O3/c1-12-3-4-13(2)16(9-12)22-18(25)7-8-19(26)23-21-11-14-10-15(20)5-6-17(14)24/h3-6,9-11,24H,7-8H2,1-2H3,(H,22,25)(H,23,26). The summed E-state index contributed by atoms with van der Waals surface area (Å²) in [5.41, 5.74) is 5.44. The second kappa shape index (κ2) is 9.01. The van der Waals surface area contributed by atoms with Crippen LogP contribution in [0.5, 0.6) is 5.75 Å². The van der Waals surface area contributed by atoms with Gasteiger partial charge in [0.2, 0.25) is 11.8 Å². The molecule has 0 aliphatic carbocycles. The van der Waals surface area contributed by atoms with Crippen molar-refractivity contribution in [3.8, 4) is 5.75 Å². The molecule has 2 amide bonds. The third-order valence-electron chi connectivity index (χ3n) is 3.63. The topological polar surface area (TPSA) is 90.8 Å². The average molecular weight is 374 g/mol. The van der Waals surface area contributed by atoms with E-state index < -0.39 is 5.91 Å². The van der Waals surface area contributed by atoms with Crippen molar-refractivity contribution in [1.29, 1.82) is 0 Å². The second-order valence-electron chi connectivity index (χ2n) is 5.86. The van der Waals surface area contributed by atoms with Gasteiger partial charge in [-0.1, -0.05) is 23.7 Å². The fourth-order valence-electron chi connectivity index (χ4n) is 2.17. The maximum absolute atomic E-state index is 12.0. The lowest BCUT2D eigenvalue weighted by atomic mass is 10.1. The van der Waals surface area contributed by atoms with Crippen LogP contribution in [0.25, 0.3) is 0 Å². The van der Waals surface area contributed by atoms with Crippen LogP contribution in [0.1, 0.15) is 29.5 Å². The Kier molecular flexibility index (Phi) is 6.74. The summed E-state index contributed by atoms with van der Waals surface area (Å²) in [6.07, 6.45) is 1.32. The monoisotopic (exact) mass is 373 g/mol. The lowest BCUT2D eigenvalue weighted by molar-refractivity contribution is -0.124. The third kappa shape index (κ3) is 5.89. The predicted molar refractivity (Wildman–Crippen MR) is 103 cm³/mol. The number of benzene rings is 2. The van der Waals surface area contributed by atoms with Gasteiger partial charge >= 0.3 is 0 Å². The minimum atomic E-state index is -0.404. The quantitative estimate of drug-likeness (QED) is 0.534. The first kappa shape index (κ1) is 19.5. The molecule has 136 valence electrons. The van der Waals surface area contributed by atoms with Crippen molar-refractivity contribution in [2.24, 2.45) is 5.10 Å². The highest BCUT2D eigenvalue weighted by molar-refractivity contribution is 6.30. The van der Waals surface area contributed by atoms with E-state index in [0.717, 1.165) is 16.8 Å². The minimum absolute atomic E-state index is 0.000279. The van der Waals surface area contributed by atoms with E-state index in [1.54, 1.807) is 6.07 Å². The van der Waals surface area contributed by atoms with Gasteiger partial charge in [0, 0.05) is 29.1 Å². The molecule has 2 rings (SSSR count). The van der Waals surface area contributed by atoms with Crippen LogP contribution in [0.2, 0.25) is 5.02 Å². The summed E-state index contributed by atoms with van der Waals surface area (Å²) in [5.74, 6) is -0.649. The molecule has 0 spiro atoms. The Balaban J connectivity index is 1.81. The maximum atomic E-state index is 12.0. The first-order chi connectivity index (χ1) is 12.3. The van der Waals surface area contributed by atoms with Crippen LogP contribution < -0.4 is 10.7 Å². The molecule has 2 aromatic rings. The molecule has 7 heteroatoms. The lowest BCUT2D eigenvalue weighted by Gasteiger charge is -2.09. The molecule has 0 saturated carbocycles. The molecular weight excluding hydrogens is 354 g/mol. The van der Waals surface area contributed by atoms with Gasteiger partial charge in [-0.2, -0.15) is 5.10 Å². The van der Waals surface area contributed by atoms with Crippen molar-refractivity contribution < 1.29 is 14.7 Å². The van der Waals surface area contributed by atoms with Crippen molar-refractivity contribution >= 4 is 35.3 Å². The molecule has 0 atom stereocenters. The van der Waals surface area contributed by atoms with Crippen molar-refractivity contribution in [2.45, 2.75) is 26.7 Å². The van der Waals surface area contributed by atoms with Gasteiger partial charge < -0.3 is 10.4 Å². The smallest absolute Gasteiger partial charge is 0.240 e. The van der Waals surface area contributed by atoms with Gasteiger partial charge in [0.1, 0.15) is 5.75 Å². The summed E-state index contributed by atoms with van der Waals surface area (Å²) in [4.78, 5) is 23.8. The summed E-state index contributed by atoms with van der Waals surface area (Å²) in [6.45, 7) is 3.85. The van der Waals surface area contributed by atoms with E-state index in [0.29, 0.717) is 10.6 Å². The zero-order valence-corrected chi connectivity index (χ0v) is 15.3. The van der Waals surface area contributed by atoms with Crippen LogP contribution in [-0.2, 0) is 9.59 Å². The molecule has 0 radical (unpaired) electrons. The number of aryl methyl sites for hydroxylation is 2. The summed E-state index contributed by atoms with van der Waals surface area (Å²) >= 11 is 5.83. The molecule has 0 fully saturated rings. The van der Waals surface area contributed by atoms with E-state index in [1.165, 1.54) is 18.3 Å². The zero-order chi connectivity index (χ0) is 19.1. The number of phenolic OH excluding ortho intramolecular Hbond substituents is 1. The summed E-state index contributed by atoms with van der Waals surface area (Å²) < 4.78 is 0. The number of hydrazone groups is 1. The lowest BCUT2D eigenvalue weighted by Crippen LogP contribution is -2.21. The fraction of sp³-hybridized carbons (Fsp3) is 0.211. The van der Waals surface area contributed by atoms with Crippen LogP contribution in [-0.4, -0.2) is 23.1 Å². The Morgan fingerprint density at radius 1 is 1.12 bits per heavy atom. The van der Waals surface area contributed by atoms with E-state index in [4.69, 9.17) is 11.6 Å². The molecule has 26 heavy (non-hydrogen) atoms. The maximum Gasteiger partial charge on any atom is 0.240 e. The number of halogens is 1. The van der Waals surface area contributed by atoms with Gasteiger partial charge in [0.05, 0.1) is 6.21 Å². The van der Waals surface area contributed by atoms with E-state index in [2.05, 4.69) is 15.8 Å². The molecule has 0 aliphatic rings. The molecule has 0 aromatic heterocycles. The Bertz CT molecular complexity index is 850. The molecule has 3 N–H and O–H groups in total. The molecule has 0 heterocycles. The predicted octanol–water partition coefficient (Wildman–Crippen LogP) is 3.53. The number of carbonyl (C=O) groups is 2. The zero-order valence-electron chi connectivity index (χ0n) is 14.5. The number of hydrogen-bond acceptors (Lipinski definition) is 4. The van der Waals surface area contributed by atoms with Crippen LogP contribution in [0.4, 0.5) is 5.69 Å². The second-order valence-corrected chi connectivity index (χ2v) is 6.30. The van der Waals surface area contributed by atoms with Crippen LogP contribution in [0.3, 0.4) is 0 Å². The molecule has 0 bridgehead atoms. The Morgan fingerprint density at radius 2 is 1.85 bits per heavy atom. The Hall–Kier alpha value is -2.86. The van der Waals surface area contributed by atoms with E-state index in [9.17, 15) is 14.7 Å². The number of rotatable bonds is 6. The molecule has 0 saturated heterocycles. The summed E-state index contributed by atoms with van der Waals surface area (Å²) in [7, 11) is 0. The van der Waals surface area contributed by atoms with Crippen LogP contribution in [0, 0.1) is 13.8 Å². The number of phenols is 1. The molecule has 0 unspecified atom stereocenters. The van der Waals surface area contributed by atoms with Gasteiger partial charge in [-0.3, -0.25) is 9.59 Å². The first-order valence-corrected chi connectivity index (χ1v) is 8.40. The SMILES string of the molecule is Cc1ccc(C)c(NC(=O)CCC(=O)NN=Cc2cc(Cl)ccc2O)c1. The molecular formula is C19H20ClN3O3. The van der Waals surface area contributed by atoms with Crippen LogP contribution >= 0.6 is 11.6 Å². The minimum Gasteiger partial charge on any atom is -0.507 e. The Labute approximate surface area is 156 Å². The molecule has 0 aliphatic heterocycles. The number of anilines is 1. The van der Waals surface area contributed by atoms with E-state index >= 15 is 0 Å². The fourth-order valence-corrected chi connectivity index (χ4v) is 2.35. The molecule has 2 aromatic carbocycles. The third-order valence-corrected chi connectivity index (χ3v) is 3.86. The van der Waals surface area contributed by atoms with Gasteiger partial charge in [-0.05, 0) is 49.2 Å². The van der Waals surface area contributed by atoms with Gasteiger partial charge in [0.25, 0.3) is 0 Å². The van der Waals surface area contributed by atoms with Crippen molar-refractivity contribution in [3.05, 3.63) is 58.1 Å². The summed E-state index contributed by atoms with van der Waals surface area (Å²) in [5, 5.41) is 16.6. The highest BCUT2D eigenvalue weighted by Gasteiger charge is 2.08. The van der Waals surface area contributed by atoms with Crippen molar-refractivity contribution in [3.63, 3.8) is 0 Å². The first-order valence-electron chi connectivity index (χ1n) is 8.02. The number of nitrogens with zero attached hydrogens (tertiary/aromatic N) is 1. The average Bonchev–Trinajstić information content (AvgIpc) is 2.59. The number of aromatic hydroxyl groups is 1. The van der Waals surface area contributed by atoms with Crippen LogP contribution in [0.15, 0.2) is 41.5 Å². The normalized spacial score (nSPS) is 10.7. The Morgan fingerprint density at radius 3 is 2.62 bits per heavy atom. The van der Waals surface area contributed by atoms with E-state index in [-0.39, 0.29) is 24.5 Å². The van der Waals surface area contributed by atoms with E-state index in [1.807, 2.05) is 32.0 Å². The summed E-state index contributed by atoms with van der Waals surface area (Å²) in [6, 6.07) is 10.3. The van der Waals surface area contributed by atoms with Crippen molar-refractivity contribution in [1.82, 2.24) is 5.43 Å². The number of carbonyl (C=O) groups excluding carboxylic acids is 2. The highest BCUT2D eigenvalue weighted by atomic mass is 35.5. The number of nitrogens with one attached hydrogen (secondary N) is 2. The molecule has 6 nitrogen and oxygen atoms in total. The van der Waals surface area contributed by atoms with Crippen molar-refractivity contribution in [2.75, 3.05) is 5.32 Å². The van der Waals surface area contributed by atoms with Gasteiger partial charge in [0.15, 0.2) is 0 Å². The van der Waals surface area contributed by atoms with Gasteiger partial charge in [-0.15, -0.1) is 0 Å².